The van der Waals surface area contributed by atoms with E-state index in [-0.39, 0.29) is 0 Å². The third kappa shape index (κ3) is 6.35. The van der Waals surface area contributed by atoms with Gasteiger partial charge in [0.05, 0.1) is 0 Å². The second-order valence-electron chi connectivity index (χ2n) is 9.79. The molecule has 3 rings (SSSR count). The van der Waals surface area contributed by atoms with E-state index >= 15 is 0 Å². The van der Waals surface area contributed by atoms with Crippen LogP contribution in [-0.2, 0) is 0 Å². The molecule has 0 saturated carbocycles. The molecule has 1 aromatic heterocycles. The predicted octanol–water partition coefficient (Wildman–Crippen LogP) is 6.59. The van der Waals surface area contributed by atoms with Crippen LogP contribution in [0.25, 0.3) is 10.9 Å². The maximum atomic E-state index is 4.83. The average molecular weight is 513 g/mol. The summed E-state index contributed by atoms with van der Waals surface area (Å²) in [5.74, 6) is 3.43. The number of hydrogen-bond acceptors (Lipinski definition) is 2. The van der Waals surface area contributed by atoms with Crippen LogP contribution in [0.3, 0.4) is 0 Å². The Kier molecular flexibility index (Phi) is 7.99. The maximum absolute atomic E-state index is 4.83. The summed E-state index contributed by atoms with van der Waals surface area (Å²) in [6.07, 6.45) is 1.92. The first-order chi connectivity index (χ1) is 15.2. The Balaban J connectivity index is 2.24. The van der Waals surface area contributed by atoms with Gasteiger partial charge in [0.2, 0.25) is 0 Å². The van der Waals surface area contributed by atoms with Crippen molar-refractivity contribution in [3.63, 3.8) is 0 Å². The van der Waals surface area contributed by atoms with Gasteiger partial charge in [0, 0.05) is 0 Å². The first-order valence-corrected chi connectivity index (χ1v) is 19.9. The van der Waals surface area contributed by atoms with Crippen molar-refractivity contribution in [3.8, 4) is 10.7 Å². The molecule has 0 unspecified atom stereocenters. The zero-order valence-electron chi connectivity index (χ0n) is 20.0. The molecule has 0 atom stereocenters. The molecule has 0 amide bonds. The Morgan fingerprint density at radius 1 is 0.781 bits per heavy atom. The van der Waals surface area contributed by atoms with Crippen molar-refractivity contribution in [2.75, 3.05) is 0 Å². The van der Waals surface area contributed by atoms with Gasteiger partial charge in [0.1, 0.15) is 0 Å². The summed E-state index contributed by atoms with van der Waals surface area (Å²) in [5.41, 5.74) is 4.84. The molecule has 32 heavy (non-hydrogen) atoms. The number of rotatable bonds is 6. The molecule has 3 aromatic rings. The zero-order valence-corrected chi connectivity index (χ0v) is 24.1. The van der Waals surface area contributed by atoms with Gasteiger partial charge in [-0.1, -0.05) is 0 Å². The standard InChI is InChI=1S/C27H32GeN2Si2/c1-31(2,3)27(25-19-13-14-22-29-25)26(24-17-11-8-12-18-24)30(32(4,5)6)28-21-20-23-15-9-7-10-16-23/h7-19,22H,1-6H3/b27-26+. The van der Waals surface area contributed by atoms with E-state index in [0.717, 1.165) is 11.3 Å². The first-order valence-electron chi connectivity index (χ1n) is 11.0. The number of benzene rings is 2. The summed E-state index contributed by atoms with van der Waals surface area (Å²) < 4.78 is 6.34. The molecule has 2 radical (unpaired) electrons. The first kappa shape index (κ1) is 24.3. The molecule has 5 heteroatoms. The molecule has 2 aromatic carbocycles. The normalized spacial score (nSPS) is 12.4. The average Bonchev–Trinajstić information content (AvgIpc) is 2.76. The molecule has 0 aliphatic heterocycles. The van der Waals surface area contributed by atoms with Crippen LogP contribution in [0.15, 0.2) is 85.1 Å². The van der Waals surface area contributed by atoms with Crippen molar-refractivity contribution >= 4 is 42.9 Å². The molecule has 0 aliphatic rings. The Morgan fingerprint density at radius 2 is 1.38 bits per heavy atom. The summed E-state index contributed by atoms with van der Waals surface area (Å²) in [6.45, 7) is 14.6. The fraction of sp³-hybridized carbons (Fsp3) is 0.222. The number of pyridine rings is 1. The molecular weight excluding hydrogens is 481 g/mol. The van der Waals surface area contributed by atoms with Crippen LogP contribution in [0, 0.1) is 10.7 Å². The van der Waals surface area contributed by atoms with Gasteiger partial charge in [-0.05, 0) is 0 Å². The Hall–Kier alpha value is -2.33. The molecule has 2 nitrogen and oxygen atoms in total. The Labute approximate surface area is 202 Å². The second-order valence-corrected chi connectivity index (χ2v) is 22.4. The molecule has 1 heterocycles. The van der Waals surface area contributed by atoms with Gasteiger partial charge in [-0.25, -0.2) is 0 Å². The van der Waals surface area contributed by atoms with E-state index < -0.39 is 32.0 Å². The fourth-order valence-electron chi connectivity index (χ4n) is 3.59. The molecule has 162 valence electrons. The molecule has 0 fully saturated rings. The Bertz CT molecular complexity index is 1100. The SMILES string of the molecule is C[Si](C)(C)/C(=C(\c1ccccc1)[N]([Ge][C]#Cc1ccccc1)[Si](C)(C)C)c1ccccn1. The van der Waals surface area contributed by atoms with Crippen LogP contribution in [-0.4, -0.2) is 40.5 Å². The molecule has 0 spiro atoms. The molecule has 0 bridgehead atoms. The van der Waals surface area contributed by atoms with E-state index in [1.54, 1.807) is 0 Å². The van der Waals surface area contributed by atoms with Crippen LogP contribution < -0.4 is 0 Å². The minimum absolute atomic E-state index is 0.694. The number of aromatic nitrogens is 1. The molecule has 0 saturated heterocycles. The van der Waals surface area contributed by atoms with Crippen molar-refractivity contribution in [1.29, 1.82) is 0 Å². The number of hydrogen-bond donors (Lipinski definition) is 0. The van der Waals surface area contributed by atoms with Crippen molar-refractivity contribution in [2.24, 2.45) is 0 Å². The van der Waals surface area contributed by atoms with Gasteiger partial charge in [0.25, 0.3) is 0 Å². The summed E-state index contributed by atoms with van der Waals surface area (Å²) in [4.78, 5) is 4.83. The van der Waals surface area contributed by atoms with Crippen LogP contribution >= 0.6 is 0 Å². The summed E-state index contributed by atoms with van der Waals surface area (Å²) in [5, 5.41) is 1.43. The summed E-state index contributed by atoms with van der Waals surface area (Å²) >= 11 is -0.694. The molecule has 0 aliphatic carbocycles. The third-order valence-corrected chi connectivity index (χ3v) is 14.8. The zero-order chi connectivity index (χ0) is 23.2. The van der Waals surface area contributed by atoms with Crippen LogP contribution in [0.5, 0.6) is 0 Å². The van der Waals surface area contributed by atoms with Crippen molar-refractivity contribution in [1.82, 2.24) is 8.51 Å². The fourth-order valence-corrected chi connectivity index (χ4v) is 10.9. The van der Waals surface area contributed by atoms with Gasteiger partial charge in [0.15, 0.2) is 0 Å². The van der Waals surface area contributed by atoms with Crippen LogP contribution in [0.1, 0.15) is 16.8 Å². The van der Waals surface area contributed by atoms with E-state index in [9.17, 15) is 0 Å². The van der Waals surface area contributed by atoms with Gasteiger partial charge >= 0.3 is 203 Å². The molecule has 0 N–H and O–H groups in total. The van der Waals surface area contributed by atoms with E-state index in [1.165, 1.54) is 16.5 Å². The van der Waals surface area contributed by atoms with Gasteiger partial charge < -0.3 is 0 Å². The van der Waals surface area contributed by atoms with Gasteiger partial charge in [-0.15, -0.1) is 0 Å². The third-order valence-electron chi connectivity index (χ3n) is 5.00. The second kappa shape index (κ2) is 10.5. The van der Waals surface area contributed by atoms with Crippen LogP contribution in [0.2, 0.25) is 39.3 Å². The van der Waals surface area contributed by atoms with E-state index in [4.69, 9.17) is 4.98 Å². The predicted molar refractivity (Wildman–Crippen MR) is 145 cm³/mol. The van der Waals surface area contributed by atoms with Gasteiger partial charge in [-0.2, -0.15) is 0 Å². The quantitative estimate of drug-likeness (QED) is 0.273. The number of nitrogens with zero attached hydrogens (tertiary/aromatic N) is 2. The minimum atomic E-state index is -1.75. The van der Waals surface area contributed by atoms with Gasteiger partial charge in [-0.3, -0.25) is 0 Å². The molecular formula is C27H32GeN2Si2. The van der Waals surface area contributed by atoms with Crippen molar-refractivity contribution in [3.05, 3.63) is 102 Å². The van der Waals surface area contributed by atoms with Crippen LogP contribution in [0.4, 0.5) is 0 Å². The topological polar surface area (TPSA) is 16.1 Å². The summed E-state index contributed by atoms with van der Waals surface area (Å²) in [7, 11) is -3.47. The van der Waals surface area contributed by atoms with E-state index in [0.29, 0.717) is 0 Å². The monoisotopic (exact) mass is 514 g/mol. The van der Waals surface area contributed by atoms with E-state index in [1.807, 2.05) is 18.3 Å². The summed E-state index contributed by atoms with van der Waals surface area (Å²) in [6, 6.07) is 27.5. The van der Waals surface area contributed by atoms with Crippen molar-refractivity contribution in [2.45, 2.75) is 39.3 Å². The van der Waals surface area contributed by atoms with Crippen molar-refractivity contribution < 1.29 is 0 Å². The Morgan fingerprint density at radius 3 is 1.91 bits per heavy atom. The van der Waals surface area contributed by atoms with E-state index in [2.05, 4.69) is 120 Å².